The predicted molar refractivity (Wildman–Crippen MR) is 74.3 cm³/mol. The Morgan fingerprint density at radius 2 is 1.76 bits per heavy atom. The van der Waals surface area contributed by atoms with Gasteiger partial charge in [0, 0.05) is 5.56 Å². The first-order valence-electron chi connectivity index (χ1n) is 6.92. The lowest BCUT2D eigenvalue weighted by atomic mass is 10.0. The van der Waals surface area contributed by atoms with Crippen molar-refractivity contribution in [2.24, 2.45) is 0 Å². The molecule has 3 amide bonds. The third-order valence-corrected chi connectivity index (χ3v) is 3.78. The molecule has 0 spiro atoms. The molecule has 2 saturated heterocycles. The van der Waals surface area contributed by atoms with Crippen molar-refractivity contribution < 1.29 is 19.1 Å². The molecule has 0 atom stereocenters. The van der Waals surface area contributed by atoms with Crippen molar-refractivity contribution in [3.63, 3.8) is 0 Å². The molecule has 0 aromatic heterocycles. The number of ether oxygens (including phenoxy) is 2. The van der Waals surface area contributed by atoms with Gasteiger partial charge in [-0.05, 0) is 13.8 Å². The topological polar surface area (TPSA) is 67.9 Å². The van der Waals surface area contributed by atoms with E-state index in [9.17, 15) is 9.59 Å². The summed E-state index contributed by atoms with van der Waals surface area (Å²) in [4.78, 5) is 25.5. The number of hydrogen-bond acceptors (Lipinski definition) is 4. The van der Waals surface area contributed by atoms with Gasteiger partial charge in [-0.3, -0.25) is 9.69 Å². The maximum Gasteiger partial charge on any atom is 0.325 e. The lowest BCUT2D eigenvalue weighted by molar-refractivity contribution is -0.177. The van der Waals surface area contributed by atoms with Gasteiger partial charge in [0.1, 0.15) is 5.54 Å². The van der Waals surface area contributed by atoms with Crippen LogP contribution in [0.4, 0.5) is 4.79 Å². The maximum absolute atomic E-state index is 12.3. The lowest BCUT2D eigenvalue weighted by Gasteiger charge is -2.31. The second-order valence-electron chi connectivity index (χ2n) is 5.76. The second-order valence-corrected chi connectivity index (χ2v) is 5.76. The van der Waals surface area contributed by atoms with Crippen LogP contribution < -0.4 is 5.32 Å². The highest BCUT2D eigenvalue weighted by molar-refractivity contribution is 6.06. The van der Waals surface area contributed by atoms with Crippen LogP contribution in [-0.2, 0) is 20.1 Å². The molecule has 0 saturated carbocycles. The number of nitrogens with one attached hydrogen (secondary N) is 1. The van der Waals surface area contributed by atoms with Crippen LogP contribution in [0.2, 0.25) is 0 Å². The SMILES string of the molecule is CC1(C)NC(=O)N(CC2(c3ccccc3)OCCO2)C1=O. The molecule has 0 radical (unpaired) electrons. The molecule has 1 aromatic rings. The second kappa shape index (κ2) is 4.82. The Hall–Kier alpha value is -1.92. The van der Waals surface area contributed by atoms with Gasteiger partial charge in [0.05, 0.1) is 19.8 Å². The van der Waals surface area contributed by atoms with Gasteiger partial charge < -0.3 is 14.8 Å². The van der Waals surface area contributed by atoms with E-state index in [1.807, 2.05) is 30.3 Å². The summed E-state index contributed by atoms with van der Waals surface area (Å²) in [5, 5.41) is 2.66. The van der Waals surface area contributed by atoms with Crippen molar-refractivity contribution in [1.29, 1.82) is 0 Å². The fourth-order valence-corrected chi connectivity index (χ4v) is 2.67. The Balaban J connectivity index is 1.91. The average molecular weight is 290 g/mol. The summed E-state index contributed by atoms with van der Waals surface area (Å²) < 4.78 is 11.5. The van der Waals surface area contributed by atoms with Crippen LogP contribution in [0.25, 0.3) is 0 Å². The summed E-state index contributed by atoms with van der Waals surface area (Å²) in [5.74, 6) is -1.35. The zero-order valence-corrected chi connectivity index (χ0v) is 12.1. The van der Waals surface area contributed by atoms with Gasteiger partial charge in [-0.15, -0.1) is 0 Å². The average Bonchev–Trinajstić information content (AvgIpc) is 3.00. The molecule has 6 nitrogen and oxygen atoms in total. The van der Waals surface area contributed by atoms with Crippen molar-refractivity contribution in [3.05, 3.63) is 35.9 Å². The minimum Gasteiger partial charge on any atom is -0.342 e. The summed E-state index contributed by atoms with van der Waals surface area (Å²) in [6.45, 7) is 4.27. The molecule has 0 aliphatic carbocycles. The van der Waals surface area contributed by atoms with E-state index in [2.05, 4.69) is 5.32 Å². The van der Waals surface area contributed by atoms with Gasteiger partial charge in [0.15, 0.2) is 0 Å². The molecular formula is C15H18N2O4. The number of urea groups is 1. The van der Waals surface area contributed by atoms with Crippen LogP contribution in [0, 0.1) is 0 Å². The number of amides is 3. The van der Waals surface area contributed by atoms with E-state index >= 15 is 0 Å². The van der Waals surface area contributed by atoms with Crippen LogP contribution in [0.1, 0.15) is 19.4 Å². The number of carbonyl (C=O) groups excluding carboxylic acids is 2. The van der Waals surface area contributed by atoms with Gasteiger partial charge in [-0.25, -0.2) is 4.79 Å². The summed E-state index contributed by atoms with van der Waals surface area (Å²) >= 11 is 0. The highest BCUT2D eigenvalue weighted by Gasteiger charge is 2.50. The van der Waals surface area contributed by atoms with E-state index in [1.54, 1.807) is 13.8 Å². The third-order valence-electron chi connectivity index (χ3n) is 3.78. The number of rotatable bonds is 3. The molecule has 6 heteroatoms. The standard InChI is InChI=1S/C15H18N2O4/c1-14(2)12(18)17(13(19)16-14)10-15(20-8-9-21-15)11-6-4-3-5-7-11/h3-7H,8-10H2,1-2H3,(H,16,19). The molecule has 1 aromatic carbocycles. The highest BCUT2D eigenvalue weighted by Crippen LogP contribution is 2.34. The summed E-state index contributed by atoms with van der Waals surface area (Å²) in [6, 6.07) is 8.96. The number of imide groups is 1. The van der Waals surface area contributed by atoms with E-state index in [0.29, 0.717) is 13.2 Å². The van der Waals surface area contributed by atoms with E-state index in [0.717, 1.165) is 5.56 Å². The molecule has 0 unspecified atom stereocenters. The summed E-state index contributed by atoms with van der Waals surface area (Å²) in [5.41, 5.74) is -0.0964. The molecule has 2 fully saturated rings. The zero-order valence-electron chi connectivity index (χ0n) is 12.1. The van der Waals surface area contributed by atoms with Gasteiger partial charge in [0.25, 0.3) is 5.91 Å². The first-order chi connectivity index (χ1) is 9.95. The molecule has 112 valence electrons. The maximum atomic E-state index is 12.3. The number of carbonyl (C=O) groups is 2. The van der Waals surface area contributed by atoms with Crippen LogP contribution in [-0.4, -0.2) is 42.1 Å². The predicted octanol–water partition coefficient (Wildman–Crippen LogP) is 1.22. The molecule has 2 aliphatic heterocycles. The quantitative estimate of drug-likeness (QED) is 0.850. The number of nitrogens with zero attached hydrogens (tertiary/aromatic N) is 1. The minimum atomic E-state index is -1.07. The van der Waals surface area contributed by atoms with E-state index in [4.69, 9.17) is 9.47 Å². The Morgan fingerprint density at radius 3 is 2.29 bits per heavy atom. The Bertz CT molecular complexity index is 564. The Labute approximate surface area is 123 Å². The van der Waals surface area contributed by atoms with Gasteiger partial charge >= 0.3 is 6.03 Å². The largest absolute Gasteiger partial charge is 0.342 e. The van der Waals surface area contributed by atoms with Crippen molar-refractivity contribution in [2.75, 3.05) is 19.8 Å². The van der Waals surface area contributed by atoms with Crippen LogP contribution in [0.5, 0.6) is 0 Å². The Morgan fingerprint density at radius 1 is 1.14 bits per heavy atom. The smallest absolute Gasteiger partial charge is 0.325 e. The number of benzene rings is 1. The molecular weight excluding hydrogens is 272 g/mol. The first-order valence-corrected chi connectivity index (χ1v) is 6.92. The zero-order chi connectivity index (χ0) is 15.1. The van der Waals surface area contributed by atoms with E-state index in [1.165, 1.54) is 4.90 Å². The van der Waals surface area contributed by atoms with Crippen LogP contribution in [0.3, 0.4) is 0 Å². The van der Waals surface area contributed by atoms with Gasteiger partial charge in [-0.2, -0.15) is 0 Å². The molecule has 2 aliphatic rings. The number of hydrogen-bond donors (Lipinski definition) is 1. The molecule has 2 heterocycles. The van der Waals surface area contributed by atoms with Crippen molar-refractivity contribution in [1.82, 2.24) is 10.2 Å². The van der Waals surface area contributed by atoms with Crippen molar-refractivity contribution >= 4 is 11.9 Å². The minimum absolute atomic E-state index is 0.0467. The monoisotopic (exact) mass is 290 g/mol. The highest BCUT2D eigenvalue weighted by atomic mass is 16.7. The fourth-order valence-electron chi connectivity index (χ4n) is 2.67. The summed E-state index contributed by atoms with van der Waals surface area (Å²) in [6.07, 6.45) is 0. The van der Waals surface area contributed by atoms with Crippen molar-refractivity contribution in [2.45, 2.75) is 25.2 Å². The van der Waals surface area contributed by atoms with Crippen LogP contribution >= 0.6 is 0 Å². The third kappa shape index (κ3) is 2.30. The van der Waals surface area contributed by atoms with Crippen molar-refractivity contribution in [3.8, 4) is 0 Å². The normalized spacial score (nSPS) is 23.4. The molecule has 3 rings (SSSR count). The summed E-state index contributed by atoms with van der Waals surface area (Å²) in [7, 11) is 0. The van der Waals surface area contributed by atoms with Gasteiger partial charge in [0.2, 0.25) is 5.79 Å². The molecule has 1 N–H and O–H groups in total. The molecule has 0 bridgehead atoms. The Kier molecular flexibility index (Phi) is 3.22. The lowest BCUT2D eigenvalue weighted by Crippen LogP contribution is -2.46. The molecule has 21 heavy (non-hydrogen) atoms. The van der Waals surface area contributed by atoms with E-state index in [-0.39, 0.29) is 12.5 Å². The van der Waals surface area contributed by atoms with Gasteiger partial charge in [-0.1, -0.05) is 30.3 Å². The van der Waals surface area contributed by atoms with Crippen LogP contribution in [0.15, 0.2) is 30.3 Å². The first kappa shape index (κ1) is 14.0. The van der Waals surface area contributed by atoms with E-state index < -0.39 is 17.4 Å². The fraction of sp³-hybridized carbons (Fsp3) is 0.467.